The van der Waals surface area contributed by atoms with Gasteiger partial charge in [-0.15, -0.1) is 0 Å². The normalized spacial score (nSPS) is 12.8. The fourth-order valence-corrected chi connectivity index (χ4v) is 3.44. The molecule has 0 aliphatic rings. The van der Waals surface area contributed by atoms with Crippen molar-refractivity contribution in [1.29, 1.82) is 0 Å². The molecule has 1 unspecified atom stereocenters. The standard InChI is InChI=1S/C22H25F5N4O2/c1-3-30-13-17(10-28-30)12-29-11-15(2)31(21(29)32)19-6-18(22(25,26)27)7-20(8-19)33-14-16(9-24)4-5-23/h6-8,10-11,13,16H,3-5,9,12,14H2,1-2H3. The summed E-state index contributed by atoms with van der Waals surface area (Å²) in [4.78, 5) is 13.0. The van der Waals surface area contributed by atoms with Crippen molar-refractivity contribution in [3.05, 3.63) is 64.1 Å². The molecular weight excluding hydrogens is 447 g/mol. The van der Waals surface area contributed by atoms with Crippen LogP contribution >= 0.6 is 0 Å². The third-order valence-electron chi connectivity index (χ3n) is 5.19. The molecule has 0 spiro atoms. The molecule has 0 aliphatic carbocycles. The van der Waals surface area contributed by atoms with Crippen LogP contribution < -0.4 is 10.4 Å². The van der Waals surface area contributed by atoms with Crippen LogP contribution in [0.25, 0.3) is 5.69 Å². The topological polar surface area (TPSA) is 54.0 Å². The third kappa shape index (κ3) is 5.82. The minimum absolute atomic E-state index is 0.0346. The first-order valence-electron chi connectivity index (χ1n) is 10.4. The molecule has 180 valence electrons. The number of aryl methyl sites for hydroxylation is 2. The van der Waals surface area contributed by atoms with E-state index < -0.39 is 36.7 Å². The SMILES string of the molecule is CCn1cc(Cn2cc(C)n(-c3cc(OCC(CF)CCF)cc(C(F)(F)F)c3)c2=O)cn1. The molecule has 0 amide bonds. The van der Waals surface area contributed by atoms with Gasteiger partial charge in [-0.05, 0) is 32.4 Å². The van der Waals surface area contributed by atoms with Gasteiger partial charge in [0.1, 0.15) is 5.75 Å². The molecule has 6 nitrogen and oxygen atoms in total. The Balaban J connectivity index is 1.97. The molecule has 33 heavy (non-hydrogen) atoms. The number of rotatable bonds is 10. The molecule has 0 saturated heterocycles. The predicted octanol–water partition coefficient (Wildman–Crippen LogP) is 4.56. The van der Waals surface area contributed by atoms with E-state index >= 15 is 0 Å². The lowest BCUT2D eigenvalue weighted by Crippen LogP contribution is -2.24. The van der Waals surface area contributed by atoms with Crippen molar-refractivity contribution in [3.8, 4) is 11.4 Å². The molecule has 0 radical (unpaired) electrons. The van der Waals surface area contributed by atoms with E-state index in [0.29, 0.717) is 12.2 Å². The molecule has 2 aromatic heterocycles. The van der Waals surface area contributed by atoms with Crippen molar-refractivity contribution < 1.29 is 26.7 Å². The zero-order valence-corrected chi connectivity index (χ0v) is 18.3. The predicted molar refractivity (Wildman–Crippen MR) is 112 cm³/mol. The van der Waals surface area contributed by atoms with E-state index in [1.807, 2.05) is 6.92 Å². The number of nitrogens with zero attached hydrogens (tertiary/aromatic N) is 4. The molecule has 1 atom stereocenters. The van der Waals surface area contributed by atoms with Gasteiger partial charge in [-0.3, -0.25) is 22.6 Å². The van der Waals surface area contributed by atoms with Crippen LogP contribution in [0.2, 0.25) is 0 Å². The number of hydrogen-bond acceptors (Lipinski definition) is 3. The number of hydrogen-bond donors (Lipinski definition) is 0. The Hall–Kier alpha value is -3.11. The van der Waals surface area contributed by atoms with Crippen LogP contribution in [0.1, 0.15) is 30.2 Å². The first kappa shape index (κ1) is 24.5. The quantitative estimate of drug-likeness (QED) is 0.407. The average molecular weight is 472 g/mol. The Labute approximate surface area is 187 Å². The molecule has 3 aromatic rings. The molecular formula is C22H25F5N4O2. The van der Waals surface area contributed by atoms with Gasteiger partial charge in [0.2, 0.25) is 0 Å². The fraction of sp³-hybridized carbons (Fsp3) is 0.455. The van der Waals surface area contributed by atoms with Gasteiger partial charge < -0.3 is 4.74 Å². The van der Waals surface area contributed by atoms with Gasteiger partial charge in [0.05, 0.1) is 43.9 Å². The Bertz CT molecular complexity index is 1130. The second-order valence-corrected chi connectivity index (χ2v) is 7.74. The van der Waals surface area contributed by atoms with Crippen molar-refractivity contribution in [2.24, 2.45) is 5.92 Å². The van der Waals surface area contributed by atoms with Gasteiger partial charge in [-0.2, -0.15) is 18.3 Å². The van der Waals surface area contributed by atoms with Crippen LogP contribution in [0, 0.1) is 12.8 Å². The van der Waals surface area contributed by atoms with E-state index in [1.54, 1.807) is 30.2 Å². The van der Waals surface area contributed by atoms with Gasteiger partial charge in [-0.1, -0.05) is 0 Å². The van der Waals surface area contributed by atoms with E-state index in [0.717, 1.165) is 22.3 Å². The van der Waals surface area contributed by atoms with Crippen LogP contribution in [0.4, 0.5) is 22.0 Å². The second-order valence-electron chi connectivity index (χ2n) is 7.74. The highest BCUT2D eigenvalue weighted by atomic mass is 19.4. The van der Waals surface area contributed by atoms with Gasteiger partial charge in [-0.25, -0.2) is 4.79 Å². The van der Waals surface area contributed by atoms with E-state index in [1.165, 1.54) is 10.6 Å². The molecule has 1 aromatic carbocycles. The summed E-state index contributed by atoms with van der Waals surface area (Å²) in [5.41, 5.74) is -0.379. The second kappa shape index (κ2) is 10.2. The highest BCUT2D eigenvalue weighted by Gasteiger charge is 2.32. The minimum atomic E-state index is -4.69. The molecule has 0 saturated carbocycles. The summed E-state index contributed by atoms with van der Waals surface area (Å²) in [6, 6.07) is 2.92. The van der Waals surface area contributed by atoms with Crippen molar-refractivity contribution in [1.82, 2.24) is 18.9 Å². The van der Waals surface area contributed by atoms with Crippen LogP contribution in [0.5, 0.6) is 5.75 Å². The highest BCUT2D eigenvalue weighted by Crippen LogP contribution is 2.34. The largest absolute Gasteiger partial charge is 0.493 e. The molecule has 0 N–H and O–H groups in total. The number of ether oxygens (including phenoxy) is 1. The van der Waals surface area contributed by atoms with Gasteiger partial charge in [0, 0.05) is 42.2 Å². The lowest BCUT2D eigenvalue weighted by molar-refractivity contribution is -0.137. The monoisotopic (exact) mass is 472 g/mol. The lowest BCUT2D eigenvalue weighted by Gasteiger charge is -2.16. The first-order valence-corrected chi connectivity index (χ1v) is 10.4. The van der Waals surface area contributed by atoms with E-state index in [2.05, 4.69) is 5.10 Å². The molecule has 2 heterocycles. The van der Waals surface area contributed by atoms with Crippen LogP contribution in [0.15, 0.2) is 41.6 Å². The maximum atomic E-state index is 13.5. The van der Waals surface area contributed by atoms with Crippen LogP contribution in [-0.2, 0) is 19.3 Å². The number of alkyl halides is 5. The van der Waals surface area contributed by atoms with Crippen LogP contribution in [0.3, 0.4) is 0 Å². The molecule has 0 fully saturated rings. The van der Waals surface area contributed by atoms with Gasteiger partial charge in [0.15, 0.2) is 0 Å². The van der Waals surface area contributed by atoms with Crippen molar-refractivity contribution in [2.45, 2.75) is 39.5 Å². The Morgan fingerprint density at radius 1 is 1.15 bits per heavy atom. The fourth-order valence-electron chi connectivity index (χ4n) is 3.44. The number of benzene rings is 1. The van der Waals surface area contributed by atoms with Crippen molar-refractivity contribution in [2.75, 3.05) is 20.0 Å². The summed E-state index contributed by atoms with van der Waals surface area (Å²) in [5.74, 6) is -0.956. The maximum absolute atomic E-state index is 13.5. The lowest BCUT2D eigenvalue weighted by atomic mass is 10.1. The summed E-state index contributed by atoms with van der Waals surface area (Å²) >= 11 is 0. The summed E-state index contributed by atoms with van der Waals surface area (Å²) in [5, 5.41) is 4.16. The smallest absolute Gasteiger partial charge is 0.416 e. The van der Waals surface area contributed by atoms with Crippen molar-refractivity contribution >= 4 is 0 Å². The van der Waals surface area contributed by atoms with Gasteiger partial charge >= 0.3 is 11.9 Å². The van der Waals surface area contributed by atoms with E-state index in [-0.39, 0.29) is 31.0 Å². The number of halogens is 5. The number of aromatic nitrogens is 4. The van der Waals surface area contributed by atoms with Gasteiger partial charge in [0.25, 0.3) is 0 Å². The summed E-state index contributed by atoms with van der Waals surface area (Å²) in [7, 11) is 0. The first-order chi connectivity index (χ1) is 15.7. The highest BCUT2D eigenvalue weighted by molar-refractivity contribution is 5.45. The Morgan fingerprint density at radius 3 is 2.52 bits per heavy atom. The third-order valence-corrected chi connectivity index (χ3v) is 5.19. The molecule has 11 heteroatoms. The maximum Gasteiger partial charge on any atom is 0.416 e. The van der Waals surface area contributed by atoms with E-state index in [9.17, 15) is 26.7 Å². The zero-order valence-electron chi connectivity index (χ0n) is 18.3. The minimum Gasteiger partial charge on any atom is -0.493 e. The molecule has 3 rings (SSSR count). The van der Waals surface area contributed by atoms with Crippen LogP contribution in [-0.4, -0.2) is 38.9 Å². The summed E-state index contributed by atoms with van der Waals surface area (Å²) in [6.45, 7) is 2.50. The average Bonchev–Trinajstić information content (AvgIpc) is 3.34. The van der Waals surface area contributed by atoms with E-state index in [4.69, 9.17) is 4.74 Å². The zero-order chi connectivity index (χ0) is 24.2. The molecule has 0 bridgehead atoms. The van der Waals surface area contributed by atoms with Crippen molar-refractivity contribution in [3.63, 3.8) is 0 Å². The summed E-state index contributed by atoms with van der Waals surface area (Å²) in [6.07, 6.45) is 0.165. The summed E-state index contributed by atoms with van der Waals surface area (Å²) < 4.78 is 75.6. The Kier molecular flexibility index (Phi) is 7.60. The molecule has 0 aliphatic heterocycles. The number of imidazole rings is 1. The Morgan fingerprint density at radius 2 is 1.91 bits per heavy atom.